The van der Waals surface area contributed by atoms with E-state index in [2.05, 4.69) is 9.97 Å². The van der Waals surface area contributed by atoms with Crippen molar-refractivity contribution >= 4 is 5.78 Å². The van der Waals surface area contributed by atoms with Gasteiger partial charge in [0.15, 0.2) is 5.78 Å². The van der Waals surface area contributed by atoms with Crippen LogP contribution in [0.2, 0.25) is 0 Å². The zero-order chi connectivity index (χ0) is 10.7. The molecule has 2 rings (SSSR count). The molecule has 0 amide bonds. The van der Waals surface area contributed by atoms with Crippen molar-refractivity contribution in [2.45, 2.75) is 0 Å². The van der Waals surface area contributed by atoms with Gasteiger partial charge in [0.1, 0.15) is 5.82 Å². The fourth-order valence-electron chi connectivity index (χ4n) is 1.46. The summed E-state index contributed by atoms with van der Waals surface area (Å²) in [5.41, 5.74) is 6.74. The zero-order valence-corrected chi connectivity index (χ0v) is 8.10. The smallest absolute Gasteiger partial charge is 0.177 e. The Bertz CT molecular complexity index is 462. The van der Waals surface area contributed by atoms with Crippen molar-refractivity contribution in [2.24, 2.45) is 5.73 Å². The van der Waals surface area contributed by atoms with Crippen molar-refractivity contribution in [3.05, 3.63) is 42.2 Å². The van der Waals surface area contributed by atoms with Gasteiger partial charge in [0.05, 0.1) is 6.54 Å². The number of carbonyl (C=O) groups excluding carboxylic acids is 1. The van der Waals surface area contributed by atoms with Gasteiger partial charge >= 0.3 is 0 Å². The van der Waals surface area contributed by atoms with Gasteiger partial charge in [-0.05, 0) is 0 Å². The molecule has 1 heterocycles. The second kappa shape index (κ2) is 4.06. The number of aromatic amines is 1. The first-order valence-electron chi connectivity index (χ1n) is 4.65. The number of rotatable bonds is 3. The Morgan fingerprint density at radius 2 is 2.20 bits per heavy atom. The summed E-state index contributed by atoms with van der Waals surface area (Å²) in [5.74, 6) is 0.606. The largest absolute Gasteiger partial charge is 0.345 e. The third kappa shape index (κ3) is 1.80. The Balaban J connectivity index is 2.52. The number of nitrogens with one attached hydrogen (secondary N) is 1. The molecule has 0 atom stereocenters. The van der Waals surface area contributed by atoms with Gasteiger partial charge in [-0.2, -0.15) is 0 Å². The molecule has 1 aromatic carbocycles. The monoisotopic (exact) mass is 201 g/mol. The van der Waals surface area contributed by atoms with E-state index in [-0.39, 0.29) is 12.3 Å². The maximum absolute atomic E-state index is 11.6. The van der Waals surface area contributed by atoms with Crippen LogP contribution in [0, 0.1) is 0 Å². The van der Waals surface area contributed by atoms with E-state index in [9.17, 15) is 4.79 Å². The van der Waals surface area contributed by atoms with Crippen LogP contribution in [0.3, 0.4) is 0 Å². The lowest BCUT2D eigenvalue weighted by atomic mass is 10.0. The molecule has 0 fully saturated rings. The maximum atomic E-state index is 11.6. The summed E-state index contributed by atoms with van der Waals surface area (Å²) in [5, 5.41) is 0. The third-order valence-corrected chi connectivity index (χ3v) is 2.17. The minimum absolute atomic E-state index is 0.0116. The number of hydrogen-bond donors (Lipinski definition) is 2. The van der Waals surface area contributed by atoms with Gasteiger partial charge in [-0.15, -0.1) is 0 Å². The Morgan fingerprint density at radius 1 is 1.40 bits per heavy atom. The number of H-pyrrole nitrogens is 1. The van der Waals surface area contributed by atoms with Crippen molar-refractivity contribution in [2.75, 3.05) is 6.54 Å². The van der Waals surface area contributed by atoms with Gasteiger partial charge in [-0.3, -0.25) is 4.79 Å². The number of Topliss-reactive ketones (excluding diaryl/α,β-unsaturated/α-hetero) is 1. The van der Waals surface area contributed by atoms with E-state index in [0.717, 1.165) is 5.56 Å². The SMILES string of the molecule is NCC(=O)c1ccccc1-c1ncc[nH]1. The lowest BCUT2D eigenvalue weighted by Crippen LogP contribution is -2.14. The van der Waals surface area contributed by atoms with Gasteiger partial charge in [-0.25, -0.2) is 4.98 Å². The highest BCUT2D eigenvalue weighted by Gasteiger charge is 2.11. The topological polar surface area (TPSA) is 71.8 Å². The lowest BCUT2D eigenvalue weighted by Gasteiger charge is -2.04. The number of hydrogen-bond acceptors (Lipinski definition) is 3. The Morgan fingerprint density at radius 3 is 2.87 bits per heavy atom. The molecule has 76 valence electrons. The van der Waals surface area contributed by atoms with Crippen LogP contribution >= 0.6 is 0 Å². The molecule has 0 saturated heterocycles. The molecular weight excluding hydrogens is 190 g/mol. The summed E-state index contributed by atoms with van der Waals surface area (Å²) in [4.78, 5) is 18.6. The fraction of sp³-hybridized carbons (Fsp3) is 0.0909. The Hall–Kier alpha value is -1.94. The van der Waals surface area contributed by atoms with E-state index in [1.165, 1.54) is 0 Å². The molecule has 2 aromatic rings. The molecule has 15 heavy (non-hydrogen) atoms. The normalized spacial score (nSPS) is 10.2. The summed E-state index contributed by atoms with van der Waals surface area (Å²) in [6.07, 6.45) is 3.37. The quantitative estimate of drug-likeness (QED) is 0.733. The van der Waals surface area contributed by atoms with E-state index in [4.69, 9.17) is 5.73 Å². The van der Waals surface area contributed by atoms with Gasteiger partial charge in [-0.1, -0.05) is 24.3 Å². The van der Waals surface area contributed by atoms with Crippen molar-refractivity contribution in [3.8, 4) is 11.4 Å². The van der Waals surface area contributed by atoms with Crippen LogP contribution in [0.15, 0.2) is 36.7 Å². The molecule has 3 N–H and O–H groups in total. The van der Waals surface area contributed by atoms with Gasteiger partial charge in [0, 0.05) is 23.5 Å². The molecule has 0 bridgehead atoms. The van der Waals surface area contributed by atoms with Crippen LogP contribution in [0.4, 0.5) is 0 Å². The second-order valence-electron chi connectivity index (χ2n) is 3.11. The highest BCUT2D eigenvalue weighted by molar-refractivity contribution is 6.02. The third-order valence-electron chi connectivity index (χ3n) is 2.17. The van der Waals surface area contributed by atoms with Crippen molar-refractivity contribution < 1.29 is 4.79 Å². The maximum Gasteiger partial charge on any atom is 0.177 e. The van der Waals surface area contributed by atoms with Crippen LogP contribution < -0.4 is 5.73 Å². The molecule has 0 aliphatic heterocycles. The second-order valence-corrected chi connectivity index (χ2v) is 3.11. The van der Waals surface area contributed by atoms with E-state index in [1.807, 2.05) is 18.2 Å². The fourth-order valence-corrected chi connectivity index (χ4v) is 1.46. The minimum atomic E-state index is -0.0815. The van der Waals surface area contributed by atoms with Crippen LogP contribution in [0.5, 0.6) is 0 Å². The Labute approximate surface area is 87.1 Å². The van der Waals surface area contributed by atoms with Crippen LogP contribution in [0.1, 0.15) is 10.4 Å². The number of aromatic nitrogens is 2. The van der Waals surface area contributed by atoms with Crippen molar-refractivity contribution in [3.63, 3.8) is 0 Å². The molecule has 0 unspecified atom stereocenters. The van der Waals surface area contributed by atoms with Crippen LogP contribution in [0.25, 0.3) is 11.4 Å². The predicted octanol–water partition coefficient (Wildman–Crippen LogP) is 1.22. The molecule has 0 radical (unpaired) electrons. The molecule has 4 heteroatoms. The first-order chi connectivity index (χ1) is 7.33. The minimum Gasteiger partial charge on any atom is -0.345 e. The van der Waals surface area contributed by atoms with E-state index >= 15 is 0 Å². The summed E-state index contributed by atoms with van der Waals surface area (Å²) in [7, 11) is 0. The molecule has 0 aliphatic carbocycles. The first-order valence-corrected chi connectivity index (χ1v) is 4.65. The highest BCUT2D eigenvalue weighted by atomic mass is 16.1. The van der Waals surface area contributed by atoms with Crippen molar-refractivity contribution in [1.82, 2.24) is 9.97 Å². The lowest BCUT2D eigenvalue weighted by molar-refractivity contribution is 0.100. The molecule has 4 nitrogen and oxygen atoms in total. The highest BCUT2D eigenvalue weighted by Crippen LogP contribution is 2.19. The van der Waals surface area contributed by atoms with Crippen LogP contribution in [-0.2, 0) is 0 Å². The molecule has 1 aromatic heterocycles. The number of nitrogens with two attached hydrogens (primary N) is 1. The molecule has 0 aliphatic rings. The van der Waals surface area contributed by atoms with Gasteiger partial charge < -0.3 is 10.7 Å². The van der Waals surface area contributed by atoms with E-state index in [0.29, 0.717) is 11.4 Å². The number of nitrogens with zero attached hydrogens (tertiary/aromatic N) is 1. The first kappa shape index (κ1) is 9.61. The number of carbonyl (C=O) groups is 1. The Kier molecular flexibility index (Phi) is 2.60. The summed E-state index contributed by atoms with van der Waals surface area (Å²) in [6.45, 7) is 0.0116. The zero-order valence-electron chi connectivity index (χ0n) is 8.10. The number of ketones is 1. The van der Waals surface area contributed by atoms with E-state index < -0.39 is 0 Å². The average Bonchev–Trinajstić information content (AvgIpc) is 2.81. The summed E-state index contributed by atoms with van der Waals surface area (Å²) >= 11 is 0. The van der Waals surface area contributed by atoms with Gasteiger partial charge in [0.2, 0.25) is 0 Å². The standard InChI is InChI=1S/C11H11N3O/c12-7-10(15)8-3-1-2-4-9(8)11-13-5-6-14-11/h1-6H,7,12H2,(H,13,14). The summed E-state index contributed by atoms with van der Waals surface area (Å²) < 4.78 is 0. The molecule has 0 spiro atoms. The molecular formula is C11H11N3O. The predicted molar refractivity (Wildman–Crippen MR) is 57.4 cm³/mol. The number of benzene rings is 1. The summed E-state index contributed by atoms with van der Waals surface area (Å²) in [6, 6.07) is 7.29. The number of imidazole rings is 1. The van der Waals surface area contributed by atoms with Gasteiger partial charge in [0.25, 0.3) is 0 Å². The average molecular weight is 201 g/mol. The molecule has 0 saturated carbocycles. The van der Waals surface area contributed by atoms with Crippen molar-refractivity contribution in [1.29, 1.82) is 0 Å². The van der Waals surface area contributed by atoms with Crippen LogP contribution in [-0.4, -0.2) is 22.3 Å². The van der Waals surface area contributed by atoms with E-state index in [1.54, 1.807) is 18.5 Å².